The summed E-state index contributed by atoms with van der Waals surface area (Å²) in [5, 5.41) is 5.03. The molecule has 0 spiro atoms. The summed E-state index contributed by atoms with van der Waals surface area (Å²) in [6, 6.07) is 6.23. The van der Waals surface area contributed by atoms with Crippen LogP contribution in [-0.4, -0.2) is 14.3 Å². The lowest BCUT2D eigenvalue weighted by atomic mass is 9.76. The summed E-state index contributed by atoms with van der Waals surface area (Å²) in [4.78, 5) is 11.7. The Morgan fingerprint density at radius 2 is 1.63 bits per heavy atom. The van der Waals surface area contributed by atoms with Crippen LogP contribution in [0.2, 0.25) is 0 Å². The fourth-order valence-corrected chi connectivity index (χ4v) is 2.64. The number of hydrogen-bond acceptors (Lipinski definition) is 3. The van der Waals surface area contributed by atoms with Gasteiger partial charge in [0, 0.05) is 0 Å². The molecule has 5 nitrogen and oxygen atoms in total. The van der Waals surface area contributed by atoms with Gasteiger partial charge in [0.1, 0.15) is 0 Å². The van der Waals surface area contributed by atoms with Crippen LogP contribution in [0, 0.1) is 5.41 Å². The number of carbonyl (C=O) groups excluding carboxylic acids is 1. The van der Waals surface area contributed by atoms with Gasteiger partial charge in [0.05, 0.1) is 10.3 Å². The van der Waals surface area contributed by atoms with E-state index in [9.17, 15) is 13.2 Å². The van der Waals surface area contributed by atoms with Crippen LogP contribution in [0.1, 0.15) is 32.3 Å². The van der Waals surface area contributed by atoms with E-state index in [-0.39, 0.29) is 10.8 Å². The smallest absolute Gasteiger partial charge is 0.238 e. The van der Waals surface area contributed by atoms with Gasteiger partial charge in [-0.05, 0) is 37.0 Å². The van der Waals surface area contributed by atoms with Crippen molar-refractivity contribution in [1.82, 2.24) is 0 Å². The van der Waals surface area contributed by atoms with Gasteiger partial charge >= 0.3 is 0 Å². The standard InChI is InChI=1S/C13H20N2O3S/c1-3-13(4-2,12(14)16)9-10-5-7-11(8-6-10)19(15,17)18/h5-8H,3-4,9H2,1-2H3,(H2,14,16)(H2,15,17,18). The van der Waals surface area contributed by atoms with Crippen LogP contribution in [-0.2, 0) is 21.2 Å². The minimum Gasteiger partial charge on any atom is -0.369 e. The van der Waals surface area contributed by atoms with Crippen LogP contribution in [0.5, 0.6) is 0 Å². The molecule has 1 aromatic carbocycles. The Morgan fingerprint density at radius 3 is 1.95 bits per heavy atom. The lowest BCUT2D eigenvalue weighted by molar-refractivity contribution is -0.128. The molecule has 1 amide bonds. The number of hydrogen-bond donors (Lipinski definition) is 2. The van der Waals surface area contributed by atoms with Gasteiger partial charge in [-0.2, -0.15) is 0 Å². The zero-order valence-electron chi connectivity index (χ0n) is 11.2. The molecule has 1 rings (SSSR count). The van der Waals surface area contributed by atoms with Crippen LogP contribution in [0.15, 0.2) is 29.2 Å². The molecule has 6 heteroatoms. The predicted octanol–water partition coefficient (Wildman–Crippen LogP) is 1.17. The molecular formula is C13H20N2O3S. The topological polar surface area (TPSA) is 103 Å². The molecule has 0 aromatic heterocycles. The van der Waals surface area contributed by atoms with Crippen LogP contribution in [0.25, 0.3) is 0 Å². The van der Waals surface area contributed by atoms with Crippen LogP contribution in [0.3, 0.4) is 0 Å². The SMILES string of the molecule is CCC(CC)(Cc1ccc(S(N)(=O)=O)cc1)C(N)=O. The van der Waals surface area contributed by atoms with Crippen molar-refractivity contribution in [2.75, 3.05) is 0 Å². The molecule has 0 aliphatic rings. The molecule has 0 saturated heterocycles. The zero-order chi connectivity index (χ0) is 14.7. The Kier molecular flexibility index (Phi) is 4.70. The Balaban J connectivity index is 3.03. The van der Waals surface area contributed by atoms with E-state index in [0.717, 1.165) is 5.56 Å². The molecule has 4 N–H and O–H groups in total. The molecule has 1 aromatic rings. The van der Waals surface area contributed by atoms with Gasteiger partial charge in [-0.1, -0.05) is 26.0 Å². The van der Waals surface area contributed by atoms with E-state index in [2.05, 4.69) is 0 Å². The van der Waals surface area contributed by atoms with E-state index in [0.29, 0.717) is 19.3 Å². The molecule has 0 aliphatic carbocycles. The maximum Gasteiger partial charge on any atom is 0.238 e. The fourth-order valence-electron chi connectivity index (χ4n) is 2.12. The number of benzene rings is 1. The molecule has 106 valence electrons. The zero-order valence-corrected chi connectivity index (χ0v) is 12.0. The summed E-state index contributed by atoms with van der Waals surface area (Å²) < 4.78 is 22.3. The highest BCUT2D eigenvalue weighted by Crippen LogP contribution is 2.30. The van der Waals surface area contributed by atoms with Gasteiger partial charge in [0.25, 0.3) is 0 Å². The maximum atomic E-state index is 11.6. The van der Waals surface area contributed by atoms with Gasteiger partial charge < -0.3 is 5.73 Å². The van der Waals surface area contributed by atoms with Crippen LogP contribution in [0.4, 0.5) is 0 Å². The van der Waals surface area contributed by atoms with E-state index >= 15 is 0 Å². The van der Waals surface area contributed by atoms with E-state index in [1.165, 1.54) is 12.1 Å². The minimum absolute atomic E-state index is 0.0638. The normalized spacial score (nSPS) is 12.4. The molecule has 0 aliphatic heterocycles. The van der Waals surface area contributed by atoms with Crippen LogP contribution < -0.4 is 10.9 Å². The quantitative estimate of drug-likeness (QED) is 0.819. The lowest BCUT2D eigenvalue weighted by Crippen LogP contribution is -2.38. The highest BCUT2D eigenvalue weighted by Gasteiger charge is 2.32. The van der Waals surface area contributed by atoms with Gasteiger partial charge in [-0.25, -0.2) is 13.6 Å². The second kappa shape index (κ2) is 5.71. The van der Waals surface area contributed by atoms with Crippen molar-refractivity contribution in [3.8, 4) is 0 Å². The molecule has 0 saturated carbocycles. The fraction of sp³-hybridized carbons (Fsp3) is 0.462. The summed E-state index contributed by atoms with van der Waals surface area (Å²) in [5.74, 6) is -0.326. The number of primary amides is 1. The molecule has 0 unspecified atom stereocenters. The number of sulfonamides is 1. The molecule has 19 heavy (non-hydrogen) atoms. The Hall–Kier alpha value is -1.40. The van der Waals surface area contributed by atoms with E-state index in [1.54, 1.807) is 12.1 Å². The van der Waals surface area contributed by atoms with E-state index in [1.807, 2.05) is 13.8 Å². The monoisotopic (exact) mass is 284 g/mol. The lowest BCUT2D eigenvalue weighted by Gasteiger charge is -2.28. The number of primary sulfonamides is 1. The largest absolute Gasteiger partial charge is 0.369 e. The summed E-state index contributed by atoms with van der Waals surface area (Å²) in [6.45, 7) is 3.85. The first-order chi connectivity index (χ1) is 8.75. The van der Waals surface area contributed by atoms with Crippen molar-refractivity contribution >= 4 is 15.9 Å². The summed E-state index contributed by atoms with van der Waals surface area (Å²) in [7, 11) is -3.68. The van der Waals surface area contributed by atoms with Crippen molar-refractivity contribution in [2.24, 2.45) is 16.3 Å². The summed E-state index contributed by atoms with van der Waals surface area (Å²) in [6.07, 6.45) is 1.80. The van der Waals surface area contributed by atoms with Crippen molar-refractivity contribution in [1.29, 1.82) is 0 Å². The van der Waals surface area contributed by atoms with E-state index < -0.39 is 15.4 Å². The maximum absolute atomic E-state index is 11.6. The minimum atomic E-state index is -3.68. The average Bonchev–Trinajstić information content (AvgIpc) is 2.35. The first kappa shape index (κ1) is 15.7. The molecular weight excluding hydrogens is 264 g/mol. The predicted molar refractivity (Wildman–Crippen MR) is 73.7 cm³/mol. The third-order valence-electron chi connectivity index (χ3n) is 3.67. The van der Waals surface area contributed by atoms with Gasteiger partial charge in [-0.3, -0.25) is 4.79 Å². The second-order valence-electron chi connectivity index (χ2n) is 4.72. The Morgan fingerprint density at radius 1 is 1.16 bits per heavy atom. The molecule has 0 bridgehead atoms. The van der Waals surface area contributed by atoms with Crippen LogP contribution >= 0.6 is 0 Å². The van der Waals surface area contributed by atoms with Gasteiger partial charge in [0.15, 0.2) is 0 Å². The molecule has 0 fully saturated rings. The molecule has 0 radical (unpaired) electrons. The van der Waals surface area contributed by atoms with Gasteiger partial charge in [0.2, 0.25) is 15.9 Å². The Labute approximate surface area is 114 Å². The number of carbonyl (C=O) groups is 1. The first-order valence-corrected chi connectivity index (χ1v) is 7.71. The highest BCUT2D eigenvalue weighted by atomic mass is 32.2. The number of amides is 1. The van der Waals surface area contributed by atoms with Gasteiger partial charge in [-0.15, -0.1) is 0 Å². The number of nitrogens with two attached hydrogens (primary N) is 2. The van der Waals surface area contributed by atoms with Crippen molar-refractivity contribution in [3.05, 3.63) is 29.8 Å². The summed E-state index contributed by atoms with van der Waals surface area (Å²) >= 11 is 0. The molecule has 0 atom stereocenters. The second-order valence-corrected chi connectivity index (χ2v) is 6.28. The Bertz CT molecular complexity index is 546. The third-order valence-corrected chi connectivity index (χ3v) is 4.60. The molecule has 0 heterocycles. The number of rotatable bonds is 6. The first-order valence-electron chi connectivity index (χ1n) is 6.17. The average molecular weight is 284 g/mol. The summed E-state index contributed by atoms with van der Waals surface area (Å²) in [5.41, 5.74) is 5.77. The van der Waals surface area contributed by atoms with E-state index in [4.69, 9.17) is 10.9 Å². The highest BCUT2D eigenvalue weighted by molar-refractivity contribution is 7.89. The van der Waals surface area contributed by atoms with Crippen molar-refractivity contribution in [2.45, 2.75) is 38.0 Å². The van der Waals surface area contributed by atoms with Crippen molar-refractivity contribution < 1.29 is 13.2 Å². The van der Waals surface area contributed by atoms with Crippen molar-refractivity contribution in [3.63, 3.8) is 0 Å². The third kappa shape index (κ3) is 3.54.